The van der Waals surface area contributed by atoms with Gasteiger partial charge in [0.15, 0.2) is 9.84 Å². The standard InChI is InChI=1S/C34H43F6NO3S/c35-27-15-13-25(14-16-27)30-12-5-8-26-24-29(42)17-18-31(26)32(30)11-3-1-2-4-20-41-21-6-9-28(41)10-7-22-45(43,44)23-19-33(36,37)34(38,39)40/h13-18,24,28,42H,1-12,19-23H2/t28-/m0/s1. The van der Waals surface area contributed by atoms with E-state index in [1.165, 1.54) is 23.3 Å². The molecule has 0 spiro atoms. The third kappa shape index (κ3) is 9.98. The number of aryl methyl sites for hydroxylation is 1. The van der Waals surface area contributed by atoms with Gasteiger partial charge in [-0.2, -0.15) is 22.0 Å². The topological polar surface area (TPSA) is 57.6 Å². The number of aromatic hydroxyl groups is 1. The van der Waals surface area contributed by atoms with Gasteiger partial charge >= 0.3 is 12.1 Å². The lowest BCUT2D eigenvalue weighted by Crippen LogP contribution is -2.38. The van der Waals surface area contributed by atoms with E-state index in [4.69, 9.17) is 0 Å². The average Bonchev–Trinajstić information content (AvgIpc) is 3.34. The van der Waals surface area contributed by atoms with Gasteiger partial charge in [0, 0.05) is 12.5 Å². The van der Waals surface area contributed by atoms with E-state index >= 15 is 0 Å². The number of unbranched alkanes of at least 4 members (excludes halogenated alkanes) is 3. The molecule has 4 nitrogen and oxygen atoms in total. The van der Waals surface area contributed by atoms with Crippen molar-refractivity contribution < 1.29 is 39.9 Å². The van der Waals surface area contributed by atoms with E-state index in [0.29, 0.717) is 6.42 Å². The van der Waals surface area contributed by atoms with Crippen LogP contribution in [0.3, 0.4) is 0 Å². The second kappa shape index (κ2) is 15.4. The fourth-order valence-electron chi connectivity index (χ4n) is 6.66. The number of allylic oxidation sites excluding steroid dienone is 2. The molecule has 1 aliphatic heterocycles. The monoisotopic (exact) mass is 659 g/mol. The Kier molecular flexibility index (Phi) is 12.1. The Hall–Kier alpha value is -2.53. The number of rotatable bonds is 15. The van der Waals surface area contributed by atoms with Crippen molar-refractivity contribution in [1.29, 1.82) is 0 Å². The molecular weight excluding hydrogens is 616 g/mol. The van der Waals surface area contributed by atoms with Crippen molar-refractivity contribution >= 4 is 21.0 Å². The minimum Gasteiger partial charge on any atom is -0.508 e. The van der Waals surface area contributed by atoms with Gasteiger partial charge < -0.3 is 10.0 Å². The van der Waals surface area contributed by atoms with Crippen LogP contribution in [0.2, 0.25) is 0 Å². The van der Waals surface area contributed by atoms with Crippen LogP contribution in [0.25, 0.3) is 11.1 Å². The van der Waals surface area contributed by atoms with Crippen LogP contribution >= 0.6 is 0 Å². The van der Waals surface area contributed by atoms with Gasteiger partial charge in [0.05, 0.1) is 11.5 Å². The zero-order valence-corrected chi connectivity index (χ0v) is 26.3. The SMILES string of the molecule is O=S(=O)(CCC[C@@H]1CCCN1CCCCCCC1=C(c2ccc(F)cc2)CCCc2cc(O)ccc21)CCC(F)(F)C(F)(F)F. The van der Waals surface area contributed by atoms with Gasteiger partial charge in [-0.1, -0.05) is 31.0 Å². The van der Waals surface area contributed by atoms with Crippen molar-refractivity contribution in [3.05, 3.63) is 65.0 Å². The molecule has 2 aliphatic rings. The predicted octanol–water partition coefficient (Wildman–Crippen LogP) is 8.98. The van der Waals surface area contributed by atoms with Gasteiger partial charge in [-0.3, -0.25) is 0 Å². The van der Waals surface area contributed by atoms with Crippen LogP contribution in [0.4, 0.5) is 26.3 Å². The molecule has 1 fully saturated rings. The molecule has 1 aliphatic carbocycles. The number of sulfone groups is 1. The molecular formula is C34H43F6NO3S. The first-order chi connectivity index (χ1) is 21.3. The number of halogens is 6. The number of hydrogen-bond donors (Lipinski definition) is 1. The van der Waals surface area contributed by atoms with Crippen molar-refractivity contribution in [1.82, 2.24) is 4.90 Å². The number of phenols is 1. The van der Waals surface area contributed by atoms with Gasteiger partial charge in [-0.05, 0) is 129 Å². The van der Waals surface area contributed by atoms with E-state index in [2.05, 4.69) is 4.90 Å². The first-order valence-corrected chi connectivity index (χ1v) is 17.8. The van der Waals surface area contributed by atoms with Crippen LogP contribution in [-0.4, -0.2) is 61.2 Å². The zero-order valence-electron chi connectivity index (χ0n) is 25.5. The first-order valence-electron chi connectivity index (χ1n) is 15.9. The lowest BCUT2D eigenvalue weighted by Gasteiger charge is -2.24. The second-order valence-electron chi connectivity index (χ2n) is 12.4. The molecule has 2 aromatic rings. The van der Waals surface area contributed by atoms with Crippen molar-refractivity contribution in [3.63, 3.8) is 0 Å². The molecule has 250 valence electrons. The molecule has 0 unspecified atom stereocenters. The Labute approximate surface area is 262 Å². The lowest BCUT2D eigenvalue weighted by atomic mass is 9.89. The Bertz CT molecular complexity index is 1410. The summed E-state index contributed by atoms with van der Waals surface area (Å²) >= 11 is 0. The van der Waals surface area contributed by atoms with Crippen LogP contribution in [0, 0.1) is 5.82 Å². The summed E-state index contributed by atoms with van der Waals surface area (Å²) in [5.74, 6) is -6.58. The van der Waals surface area contributed by atoms with E-state index < -0.39 is 34.1 Å². The minimum atomic E-state index is -5.75. The number of alkyl halides is 5. The number of hydrogen-bond acceptors (Lipinski definition) is 4. The van der Waals surface area contributed by atoms with E-state index in [0.717, 1.165) is 94.0 Å². The highest BCUT2D eigenvalue weighted by atomic mass is 32.2. The number of phenolic OH excluding ortho intramolecular Hbond substituents is 1. The zero-order chi connectivity index (χ0) is 32.7. The van der Waals surface area contributed by atoms with E-state index in [1.54, 1.807) is 6.07 Å². The van der Waals surface area contributed by atoms with E-state index in [1.807, 2.05) is 24.3 Å². The molecule has 1 saturated heterocycles. The summed E-state index contributed by atoms with van der Waals surface area (Å²) in [6.45, 7) is 1.79. The molecule has 11 heteroatoms. The van der Waals surface area contributed by atoms with E-state index in [-0.39, 0.29) is 29.8 Å². The van der Waals surface area contributed by atoms with Gasteiger partial charge in [-0.15, -0.1) is 0 Å². The summed E-state index contributed by atoms with van der Waals surface area (Å²) in [5.41, 5.74) is 5.80. The lowest BCUT2D eigenvalue weighted by molar-refractivity contribution is -0.282. The summed E-state index contributed by atoms with van der Waals surface area (Å²) in [4.78, 5) is 2.34. The smallest absolute Gasteiger partial charge is 0.453 e. The largest absolute Gasteiger partial charge is 0.508 e. The fourth-order valence-corrected chi connectivity index (χ4v) is 8.04. The maximum Gasteiger partial charge on any atom is 0.453 e. The molecule has 4 rings (SSSR count). The highest BCUT2D eigenvalue weighted by Gasteiger charge is 2.57. The van der Waals surface area contributed by atoms with Crippen molar-refractivity contribution in [2.24, 2.45) is 0 Å². The van der Waals surface area contributed by atoms with Crippen LogP contribution < -0.4 is 0 Å². The molecule has 1 heterocycles. The molecule has 45 heavy (non-hydrogen) atoms. The summed E-state index contributed by atoms with van der Waals surface area (Å²) in [5, 5.41) is 10.1. The molecule has 0 saturated carbocycles. The van der Waals surface area contributed by atoms with Crippen LogP contribution in [0.5, 0.6) is 5.75 Å². The van der Waals surface area contributed by atoms with Crippen molar-refractivity contribution in [2.45, 2.75) is 102 Å². The van der Waals surface area contributed by atoms with Crippen LogP contribution in [0.1, 0.15) is 93.7 Å². The van der Waals surface area contributed by atoms with Gasteiger partial charge in [0.25, 0.3) is 0 Å². The van der Waals surface area contributed by atoms with Gasteiger partial charge in [0.1, 0.15) is 11.6 Å². The highest BCUT2D eigenvalue weighted by molar-refractivity contribution is 7.91. The Morgan fingerprint density at radius 1 is 0.867 bits per heavy atom. The van der Waals surface area contributed by atoms with Crippen molar-refractivity contribution in [2.75, 3.05) is 24.6 Å². The Morgan fingerprint density at radius 2 is 1.60 bits per heavy atom. The average molecular weight is 660 g/mol. The summed E-state index contributed by atoms with van der Waals surface area (Å²) in [6.07, 6.45) is 2.82. The molecule has 0 aromatic heterocycles. The van der Waals surface area contributed by atoms with Gasteiger partial charge in [0.2, 0.25) is 0 Å². The Morgan fingerprint density at radius 3 is 2.33 bits per heavy atom. The molecule has 0 radical (unpaired) electrons. The summed E-state index contributed by atoms with van der Waals surface area (Å²) in [7, 11) is -4.00. The van der Waals surface area contributed by atoms with Gasteiger partial charge in [-0.25, -0.2) is 12.8 Å². The number of nitrogens with zero attached hydrogens (tertiary/aromatic N) is 1. The summed E-state index contributed by atoms with van der Waals surface area (Å²) < 4.78 is 101. The number of benzene rings is 2. The Balaban J connectivity index is 1.24. The molecule has 0 bridgehead atoms. The minimum absolute atomic E-state index is 0.194. The third-order valence-corrected chi connectivity index (χ3v) is 10.8. The normalized spacial score (nSPS) is 18.3. The molecule has 1 atom stereocenters. The number of likely N-dealkylation sites (tertiary alicyclic amines) is 1. The van der Waals surface area contributed by atoms with E-state index in [9.17, 15) is 39.9 Å². The molecule has 1 N–H and O–H groups in total. The molecule has 0 amide bonds. The second-order valence-corrected chi connectivity index (χ2v) is 14.7. The fraction of sp³-hybridized carbons (Fsp3) is 0.588. The molecule has 2 aromatic carbocycles. The third-order valence-electron chi connectivity index (χ3n) is 9.10. The predicted molar refractivity (Wildman–Crippen MR) is 165 cm³/mol. The maximum absolute atomic E-state index is 13.7. The maximum atomic E-state index is 13.7. The first kappa shape index (κ1) is 35.3. The quantitative estimate of drug-likeness (QED) is 0.153. The van der Waals surface area contributed by atoms with Crippen LogP contribution in [-0.2, 0) is 16.3 Å². The summed E-state index contributed by atoms with van der Waals surface area (Å²) in [6, 6.07) is 12.4. The number of fused-ring (bicyclic) bond motifs is 1. The van der Waals surface area contributed by atoms with Crippen molar-refractivity contribution in [3.8, 4) is 5.75 Å². The van der Waals surface area contributed by atoms with Crippen LogP contribution in [0.15, 0.2) is 42.5 Å². The highest BCUT2D eigenvalue weighted by Crippen LogP contribution is 2.40.